The van der Waals surface area contributed by atoms with Crippen molar-refractivity contribution < 1.29 is 13.2 Å². The predicted molar refractivity (Wildman–Crippen MR) is 122 cm³/mol. The van der Waals surface area contributed by atoms with Gasteiger partial charge in [0.25, 0.3) is 0 Å². The summed E-state index contributed by atoms with van der Waals surface area (Å²) in [7, 11) is -1.93. The first-order valence-corrected chi connectivity index (χ1v) is 12.7. The van der Waals surface area contributed by atoms with Gasteiger partial charge in [0, 0.05) is 37.9 Å². The molecule has 0 aliphatic carbocycles. The smallest absolute Gasteiger partial charge is 0.240 e. The van der Waals surface area contributed by atoms with Crippen LogP contribution in [0.3, 0.4) is 0 Å². The SMILES string of the molecule is COc1ccc(S(=O)(=O)NC[C@H]2C[C@H]3CCN2C[C@@H]3CN2CCc3ccccc32)cc1. The molecule has 2 aromatic carbocycles. The topological polar surface area (TPSA) is 61.9 Å². The van der Waals surface area contributed by atoms with Crippen molar-refractivity contribution in [3.8, 4) is 5.75 Å². The maximum Gasteiger partial charge on any atom is 0.240 e. The Bertz CT molecular complexity index is 1020. The summed E-state index contributed by atoms with van der Waals surface area (Å²) in [4.78, 5) is 5.35. The first kappa shape index (κ1) is 20.8. The van der Waals surface area contributed by atoms with Crippen LogP contribution in [0.4, 0.5) is 5.69 Å². The number of anilines is 1. The maximum absolute atomic E-state index is 12.7. The Labute approximate surface area is 185 Å². The lowest BCUT2D eigenvalue weighted by Gasteiger charge is -2.50. The number of methoxy groups -OCH3 is 1. The molecule has 0 saturated carbocycles. The zero-order chi connectivity index (χ0) is 21.4. The highest BCUT2D eigenvalue weighted by Crippen LogP contribution is 2.38. The predicted octanol–water partition coefficient (Wildman–Crippen LogP) is 2.75. The molecule has 6 rings (SSSR count). The Morgan fingerprint density at radius 2 is 1.90 bits per heavy atom. The maximum atomic E-state index is 12.7. The summed E-state index contributed by atoms with van der Waals surface area (Å²) in [6, 6.07) is 15.6. The quantitative estimate of drug-likeness (QED) is 0.716. The van der Waals surface area contributed by atoms with Crippen molar-refractivity contribution in [3.63, 3.8) is 0 Å². The minimum absolute atomic E-state index is 0.286. The number of sulfonamides is 1. The van der Waals surface area contributed by atoms with Crippen LogP contribution in [0.5, 0.6) is 5.75 Å². The van der Waals surface area contributed by atoms with Gasteiger partial charge >= 0.3 is 0 Å². The normalized spacial score (nSPS) is 27.3. The van der Waals surface area contributed by atoms with Crippen LogP contribution in [0.1, 0.15) is 18.4 Å². The fourth-order valence-electron chi connectivity index (χ4n) is 5.59. The van der Waals surface area contributed by atoms with Crippen LogP contribution in [-0.2, 0) is 16.4 Å². The Hall–Kier alpha value is -2.09. The van der Waals surface area contributed by atoms with E-state index in [0.717, 1.165) is 39.0 Å². The van der Waals surface area contributed by atoms with Crippen LogP contribution in [0.2, 0.25) is 0 Å². The molecule has 2 aromatic rings. The number of fused-ring (bicyclic) bond motifs is 4. The van der Waals surface area contributed by atoms with Gasteiger partial charge in [-0.05, 0) is 73.5 Å². The monoisotopic (exact) mass is 441 g/mol. The molecular weight excluding hydrogens is 410 g/mol. The standard InChI is InChI=1S/C24H31N3O3S/c1-30-22-6-8-23(9-7-22)31(28,29)25-15-21-14-19-11-12-26(21)16-20(19)17-27-13-10-18-4-2-3-5-24(18)27/h2-9,19-21,25H,10-17H2,1H3/t19-,20-,21-/m1/s1. The van der Waals surface area contributed by atoms with Gasteiger partial charge in [-0.15, -0.1) is 0 Å². The molecule has 3 fully saturated rings. The summed E-state index contributed by atoms with van der Waals surface area (Å²) in [5.41, 5.74) is 2.87. The highest BCUT2D eigenvalue weighted by atomic mass is 32.2. The van der Waals surface area contributed by atoms with Crippen LogP contribution in [0.25, 0.3) is 0 Å². The molecule has 4 heterocycles. The molecule has 4 aliphatic heterocycles. The molecule has 0 aromatic heterocycles. The van der Waals surface area contributed by atoms with E-state index in [1.165, 1.54) is 17.7 Å². The Balaban J connectivity index is 1.19. The number of hydrogen-bond acceptors (Lipinski definition) is 5. The summed E-state index contributed by atoms with van der Waals surface area (Å²) in [6.45, 7) is 4.85. The van der Waals surface area contributed by atoms with E-state index in [-0.39, 0.29) is 10.9 Å². The van der Waals surface area contributed by atoms with E-state index in [1.807, 2.05) is 0 Å². The van der Waals surface area contributed by atoms with Gasteiger partial charge in [-0.2, -0.15) is 0 Å². The molecule has 0 amide bonds. The highest BCUT2D eigenvalue weighted by molar-refractivity contribution is 7.89. The first-order chi connectivity index (χ1) is 15.0. The lowest BCUT2D eigenvalue weighted by atomic mass is 9.75. The van der Waals surface area contributed by atoms with E-state index in [4.69, 9.17) is 4.74 Å². The Kier molecular flexibility index (Phi) is 5.67. The molecule has 0 spiro atoms. The minimum Gasteiger partial charge on any atom is -0.497 e. The zero-order valence-electron chi connectivity index (χ0n) is 18.0. The molecule has 6 nitrogen and oxygen atoms in total. The molecule has 1 N–H and O–H groups in total. The molecule has 4 atom stereocenters. The van der Waals surface area contributed by atoms with Gasteiger partial charge < -0.3 is 9.64 Å². The highest BCUT2D eigenvalue weighted by Gasteiger charge is 2.41. The number of ether oxygens (including phenoxy) is 1. The molecular formula is C24H31N3O3S. The van der Waals surface area contributed by atoms with E-state index in [0.29, 0.717) is 24.1 Å². The van der Waals surface area contributed by atoms with E-state index in [2.05, 4.69) is 38.8 Å². The molecule has 3 saturated heterocycles. The molecule has 31 heavy (non-hydrogen) atoms. The fourth-order valence-corrected chi connectivity index (χ4v) is 6.66. The van der Waals surface area contributed by atoms with Gasteiger partial charge in [-0.3, -0.25) is 4.90 Å². The van der Waals surface area contributed by atoms with E-state index in [9.17, 15) is 8.42 Å². The second-order valence-electron chi connectivity index (χ2n) is 9.05. The third kappa shape index (κ3) is 4.19. The number of benzene rings is 2. The summed E-state index contributed by atoms with van der Waals surface area (Å²) >= 11 is 0. The number of nitrogens with zero attached hydrogens (tertiary/aromatic N) is 2. The summed E-state index contributed by atoms with van der Waals surface area (Å²) in [5.74, 6) is 1.99. The number of hydrogen-bond donors (Lipinski definition) is 1. The van der Waals surface area contributed by atoms with Gasteiger partial charge in [0.05, 0.1) is 12.0 Å². The van der Waals surface area contributed by atoms with Gasteiger partial charge in [0.1, 0.15) is 5.75 Å². The van der Waals surface area contributed by atoms with Gasteiger partial charge in [-0.25, -0.2) is 13.1 Å². The van der Waals surface area contributed by atoms with Crippen molar-refractivity contribution >= 4 is 15.7 Å². The molecule has 7 heteroatoms. The van der Waals surface area contributed by atoms with Crippen LogP contribution in [0, 0.1) is 11.8 Å². The zero-order valence-corrected chi connectivity index (χ0v) is 18.9. The number of nitrogens with one attached hydrogen (secondary N) is 1. The molecule has 166 valence electrons. The van der Waals surface area contributed by atoms with E-state index >= 15 is 0 Å². The van der Waals surface area contributed by atoms with Crippen LogP contribution < -0.4 is 14.4 Å². The second-order valence-corrected chi connectivity index (χ2v) is 10.8. The first-order valence-electron chi connectivity index (χ1n) is 11.2. The molecule has 0 radical (unpaired) electrons. The van der Waals surface area contributed by atoms with Gasteiger partial charge in [-0.1, -0.05) is 18.2 Å². The fraction of sp³-hybridized carbons (Fsp3) is 0.500. The van der Waals surface area contributed by atoms with Crippen molar-refractivity contribution in [2.45, 2.75) is 30.2 Å². The van der Waals surface area contributed by atoms with Crippen LogP contribution >= 0.6 is 0 Å². The van der Waals surface area contributed by atoms with Crippen LogP contribution in [0.15, 0.2) is 53.4 Å². The van der Waals surface area contributed by atoms with Crippen molar-refractivity contribution in [3.05, 3.63) is 54.1 Å². The minimum atomic E-state index is -3.51. The number of para-hydroxylation sites is 1. The average molecular weight is 442 g/mol. The summed E-state index contributed by atoms with van der Waals surface area (Å²) in [6.07, 6.45) is 3.44. The van der Waals surface area contributed by atoms with E-state index < -0.39 is 10.0 Å². The summed E-state index contributed by atoms with van der Waals surface area (Å²) in [5, 5.41) is 0. The second kappa shape index (κ2) is 8.45. The Morgan fingerprint density at radius 1 is 1.10 bits per heavy atom. The number of rotatable bonds is 7. The van der Waals surface area contributed by atoms with Crippen molar-refractivity contribution in [2.24, 2.45) is 11.8 Å². The molecule has 2 bridgehead atoms. The van der Waals surface area contributed by atoms with Crippen molar-refractivity contribution in [1.82, 2.24) is 9.62 Å². The molecule has 4 aliphatic rings. The lowest BCUT2D eigenvalue weighted by molar-refractivity contribution is 0.00670. The van der Waals surface area contributed by atoms with Crippen molar-refractivity contribution in [1.29, 1.82) is 0 Å². The Morgan fingerprint density at radius 3 is 2.65 bits per heavy atom. The largest absolute Gasteiger partial charge is 0.497 e. The van der Waals surface area contributed by atoms with Crippen molar-refractivity contribution in [2.75, 3.05) is 44.7 Å². The van der Waals surface area contributed by atoms with Crippen LogP contribution in [-0.4, -0.2) is 59.2 Å². The summed E-state index contributed by atoms with van der Waals surface area (Å²) < 4.78 is 33.4. The van der Waals surface area contributed by atoms with Gasteiger partial charge in [0.2, 0.25) is 10.0 Å². The average Bonchev–Trinajstić information content (AvgIpc) is 3.21. The number of piperidine rings is 3. The lowest BCUT2D eigenvalue weighted by Crippen LogP contribution is -2.58. The third-order valence-corrected chi connectivity index (χ3v) is 8.77. The van der Waals surface area contributed by atoms with E-state index in [1.54, 1.807) is 31.4 Å². The third-order valence-electron chi connectivity index (χ3n) is 7.33. The van der Waals surface area contributed by atoms with Gasteiger partial charge in [0.15, 0.2) is 0 Å². The molecule has 1 unspecified atom stereocenters.